The summed E-state index contributed by atoms with van der Waals surface area (Å²) in [4.78, 5) is 21.1. The molecular weight excluding hydrogens is 510 g/mol. The van der Waals surface area contributed by atoms with Gasteiger partial charge in [-0.2, -0.15) is 0 Å². The predicted molar refractivity (Wildman–Crippen MR) is 122 cm³/mol. The third-order valence-electron chi connectivity index (χ3n) is 3.49. The fourth-order valence-corrected chi connectivity index (χ4v) is 2.90. The molecular formula is C17H20BrCl3N4O4. The molecule has 0 aliphatic rings. The number of nitro groups is 1. The lowest BCUT2D eigenvalue weighted by Gasteiger charge is -2.13. The normalized spacial score (nSPS) is 9.72. The highest BCUT2D eigenvalue weighted by Gasteiger charge is 2.09. The molecule has 0 saturated carbocycles. The van der Waals surface area contributed by atoms with Crippen LogP contribution in [-0.2, 0) is 11.3 Å². The topological polar surface area (TPSA) is 120 Å². The summed E-state index contributed by atoms with van der Waals surface area (Å²) in [5.74, 6) is 0.0388. The average molecular weight is 531 g/mol. The second-order valence-corrected chi connectivity index (χ2v) is 6.85. The SMILES string of the molecule is Cl.Cl.NC(=O)COc1ccc(Br)cc1CNCCNc1ccc([N+](=O)[O-])cc1Cl. The molecule has 0 heterocycles. The van der Waals surface area contributed by atoms with Crippen molar-refractivity contribution in [2.75, 3.05) is 25.0 Å². The number of rotatable bonds is 10. The van der Waals surface area contributed by atoms with E-state index in [2.05, 4.69) is 26.6 Å². The van der Waals surface area contributed by atoms with E-state index >= 15 is 0 Å². The molecule has 2 aromatic rings. The monoisotopic (exact) mass is 528 g/mol. The molecule has 0 fully saturated rings. The molecule has 0 aliphatic carbocycles. The lowest BCUT2D eigenvalue weighted by Crippen LogP contribution is -2.23. The number of halogens is 4. The number of anilines is 1. The molecule has 1 amide bonds. The van der Waals surface area contributed by atoms with Crippen LogP contribution >= 0.6 is 52.3 Å². The molecule has 0 radical (unpaired) electrons. The number of non-ortho nitro benzene ring substituents is 1. The Morgan fingerprint density at radius 3 is 2.55 bits per heavy atom. The Morgan fingerprint density at radius 1 is 1.21 bits per heavy atom. The van der Waals surface area contributed by atoms with Crippen molar-refractivity contribution in [2.24, 2.45) is 5.73 Å². The van der Waals surface area contributed by atoms with Gasteiger partial charge in [-0.25, -0.2) is 0 Å². The van der Waals surface area contributed by atoms with E-state index in [0.717, 1.165) is 10.0 Å². The Balaban J connectivity index is 0.00000392. The number of nitrogens with one attached hydrogen (secondary N) is 2. The van der Waals surface area contributed by atoms with E-state index in [4.69, 9.17) is 22.1 Å². The standard InChI is InChI=1S/C17H18BrClN4O4.2ClH/c18-12-1-4-16(27-10-17(20)24)11(7-12)9-21-5-6-22-15-3-2-13(23(25)26)8-14(15)19;;/h1-4,7-8,21-22H,5-6,9-10H2,(H2,20,24);2*1H. The van der Waals surface area contributed by atoms with Gasteiger partial charge >= 0.3 is 0 Å². The second kappa shape index (κ2) is 13.4. The van der Waals surface area contributed by atoms with Gasteiger partial charge in [0.2, 0.25) is 0 Å². The molecule has 2 rings (SSSR count). The van der Waals surface area contributed by atoms with Crippen LogP contribution in [0.3, 0.4) is 0 Å². The summed E-state index contributed by atoms with van der Waals surface area (Å²) in [7, 11) is 0. The van der Waals surface area contributed by atoms with Crippen molar-refractivity contribution in [3.05, 3.63) is 61.6 Å². The molecule has 160 valence electrons. The van der Waals surface area contributed by atoms with Crippen LogP contribution in [0.25, 0.3) is 0 Å². The van der Waals surface area contributed by atoms with Gasteiger partial charge in [0.25, 0.3) is 11.6 Å². The van der Waals surface area contributed by atoms with Crippen molar-refractivity contribution in [2.45, 2.75) is 6.54 Å². The smallest absolute Gasteiger partial charge is 0.271 e. The van der Waals surface area contributed by atoms with Crippen LogP contribution in [0.2, 0.25) is 5.02 Å². The molecule has 4 N–H and O–H groups in total. The number of benzene rings is 2. The number of carbonyl (C=O) groups excluding carboxylic acids is 1. The maximum atomic E-state index is 10.9. The third kappa shape index (κ3) is 9.05. The molecule has 0 saturated heterocycles. The minimum atomic E-state index is -0.541. The van der Waals surface area contributed by atoms with E-state index in [1.807, 2.05) is 12.1 Å². The summed E-state index contributed by atoms with van der Waals surface area (Å²) in [6.45, 7) is 1.50. The Bertz CT molecular complexity index is 842. The summed E-state index contributed by atoms with van der Waals surface area (Å²) in [5.41, 5.74) is 6.55. The summed E-state index contributed by atoms with van der Waals surface area (Å²) in [6, 6.07) is 9.75. The first-order valence-electron chi connectivity index (χ1n) is 7.95. The number of carbonyl (C=O) groups is 1. The first kappa shape index (κ1) is 27.2. The first-order chi connectivity index (χ1) is 12.9. The summed E-state index contributed by atoms with van der Waals surface area (Å²) >= 11 is 9.44. The van der Waals surface area contributed by atoms with Crippen molar-refractivity contribution in [1.29, 1.82) is 0 Å². The van der Waals surface area contributed by atoms with Crippen molar-refractivity contribution < 1.29 is 14.5 Å². The molecule has 0 spiro atoms. The Kier molecular flexibility index (Phi) is 12.6. The zero-order valence-corrected chi connectivity index (χ0v) is 19.0. The van der Waals surface area contributed by atoms with Crippen molar-refractivity contribution in [1.82, 2.24) is 5.32 Å². The molecule has 0 aromatic heterocycles. The number of nitro benzene ring substituents is 1. The maximum absolute atomic E-state index is 10.9. The van der Waals surface area contributed by atoms with Crippen molar-refractivity contribution in [3.8, 4) is 5.75 Å². The molecule has 0 unspecified atom stereocenters. The fraction of sp³-hybridized carbons (Fsp3) is 0.235. The van der Waals surface area contributed by atoms with E-state index < -0.39 is 10.8 Å². The Hall–Kier alpha value is -1.78. The van der Waals surface area contributed by atoms with Gasteiger partial charge in [-0.15, -0.1) is 24.8 Å². The van der Waals surface area contributed by atoms with Gasteiger partial charge in [0.05, 0.1) is 15.6 Å². The van der Waals surface area contributed by atoms with Crippen molar-refractivity contribution >= 4 is 69.6 Å². The van der Waals surface area contributed by atoms with Crippen LogP contribution in [0.5, 0.6) is 5.75 Å². The minimum absolute atomic E-state index is 0. The van der Waals surface area contributed by atoms with Gasteiger partial charge in [0.1, 0.15) is 5.75 Å². The van der Waals surface area contributed by atoms with Crippen molar-refractivity contribution in [3.63, 3.8) is 0 Å². The molecule has 0 aliphatic heterocycles. The highest BCUT2D eigenvalue weighted by atomic mass is 79.9. The summed E-state index contributed by atoms with van der Waals surface area (Å²) < 4.78 is 6.29. The van der Waals surface area contributed by atoms with Crippen LogP contribution in [0, 0.1) is 10.1 Å². The lowest BCUT2D eigenvalue weighted by molar-refractivity contribution is -0.384. The number of hydrogen-bond acceptors (Lipinski definition) is 6. The molecule has 0 bridgehead atoms. The van der Waals surface area contributed by atoms with E-state index in [9.17, 15) is 14.9 Å². The van der Waals surface area contributed by atoms with Crippen LogP contribution in [0.15, 0.2) is 40.9 Å². The van der Waals surface area contributed by atoms with E-state index in [-0.39, 0.29) is 37.1 Å². The quantitative estimate of drug-likeness (QED) is 0.243. The maximum Gasteiger partial charge on any atom is 0.271 e. The second-order valence-electron chi connectivity index (χ2n) is 5.53. The number of amides is 1. The molecule has 29 heavy (non-hydrogen) atoms. The zero-order valence-electron chi connectivity index (χ0n) is 15.0. The van der Waals surface area contributed by atoms with Crippen LogP contribution < -0.4 is 21.1 Å². The van der Waals surface area contributed by atoms with Gasteiger partial charge in [0.15, 0.2) is 6.61 Å². The highest BCUT2D eigenvalue weighted by molar-refractivity contribution is 9.10. The largest absolute Gasteiger partial charge is 0.483 e. The van der Waals surface area contributed by atoms with Gasteiger partial charge in [-0.05, 0) is 24.3 Å². The van der Waals surface area contributed by atoms with E-state index in [1.54, 1.807) is 12.1 Å². The van der Waals surface area contributed by atoms with Gasteiger partial charge in [-0.1, -0.05) is 27.5 Å². The van der Waals surface area contributed by atoms with E-state index in [0.29, 0.717) is 36.1 Å². The van der Waals surface area contributed by atoms with Crippen LogP contribution in [0.1, 0.15) is 5.56 Å². The number of hydrogen-bond donors (Lipinski definition) is 3. The predicted octanol–water partition coefficient (Wildman–Crippen LogP) is 3.92. The molecule has 8 nitrogen and oxygen atoms in total. The number of nitrogens with two attached hydrogens (primary N) is 1. The fourth-order valence-electron chi connectivity index (χ4n) is 2.25. The van der Waals surface area contributed by atoms with Gasteiger partial charge in [-0.3, -0.25) is 14.9 Å². The Morgan fingerprint density at radius 2 is 1.93 bits per heavy atom. The summed E-state index contributed by atoms with van der Waals surface area (Å²) in [6.07, 6.45) is 0. The van der Waals surface area contributed by atoms with Gasteiger partial charge in [0, 0.05) is 41.8 Å². The molecule has 2 aromatic carbocycles. The minimum Gasteiger partial charge on any atom is -0.483 e. The zero-order chi connectivity index (χ0) is 19.8. The number of nitrogens with zero attached hydrogens (tertiary/aromatic N) is 1. The summed E-state index contributed by atoms with van der Waals surface area (Å²) in [5, 5.41) is 17.4. The third-order valence-corrected chi connectivity index (χ3v) is 4.29. The highest BCUT2D eigenvalue weighted by Crippen LogP contribution is 2.26. The first-order valence-corrected chi connectivity index (χ1v) is 9.12. The lowest BCUT2D eigenvalue weighted by atomic mass is 10.2. The molecule has 12 heteroatoms. The van der Waals surface area contributed by atoms with E-state index in [1.165, 1.54) is 12.1 Å². The van der Waals surface area contributed by atoms with Gasteiger partial charge < -0.3 is 21.1 Å². The average Bonchev–Trinajstić information content (AvgIpc) is 2.61. The number of ether oxygens (including phenoxy) is 1. The van der Waals surface area contributed by atoms with Crippen LogP contribution in [0.4, 0.5) is 11.4 Å². The number of primary amides is 1. The molecule has 0 atom stereocenters. The Labute approximate surface area is 193 Å². The van der Waals surface area contributed by atoms with Crippen LogP contribution in [-0.4, -0.2) is 30.5 Å².